The van der Waals surface area contributed by atoms with Crippen LogP contribution in [-0.2, 0) is 32.2 Å². The molecule has 3 amide bonds. The van der Waals surface area contributed by atoms with Crippen LogP contribution in [0.5, 0.6) is 5.75 Å². The number of phenols is 1. The standard InChI is InChI=1S/C28H31N7O7/c1-41-10-9-33(26(38)14-30-13-19-5-3-2-4-6-19)18-27(39)34(17-25(29)37)15-21-16-35(32-31-21)23-11-20-7-8-22(36)12-24(20)42-28(23)40/h2-8,11-12,16,30,36H,9-10,13-15,17-18H2,1H3,(H2,29,37). The molecule has 220 valence electrons. The van der Waals surface area contributed by atoms with Gasteiger partial charge >= 0.3 is 5.63 Å². The number of ether oxygens (including phenoxy) is 1. The van der Waals surface area contributed by atoms with Crippen molar-refractivity contribution in [1.29, 1.82) is 0 Å². The first kappa shape index (κ1) is 29.9. The number of primary amides is 1. The Labute approximate surface area is 240 Å². The van der Waals surface area contributed by atoms with E-state index < -0.39 is 24.0 Å². The average Bonchev–Trinajstić information content (AvgIpc) is 3.42. The van der Waals surface area contributed by atoms with Crippen molar-refractivity contribution >= 4 is 28.7 Å². The van der Waals surface area contributed by atoms with Gasteiger partial charge in [-0.3, -0.25) is 14.4 Å². The highest BCUT2D eigenvalue weighted by molar-refractivity contribution is 5.88. The van der Waals surface area contributed by atoms with Crippen LogP contribution in [0, 0.1) is 0 Å². The van der Waals surface area contributed by atoms with Crippen molar-refractivity contribution in [3.05, 3.63) is 82.5 Å². The van der Waals surface area contributed by atoms with E-state index in [9.17, 15) is 24.3 Å². The van der Waals surface area contributed by atoms with Crippen molar-refractivity contribution in [1.82, 2.24) is 30.1 Å². The molecule has 0 aliphatic carbocycles. The maximum atomic E-state index is 13.3. The number of amides is 3. The number of carbonyl (C=O) groups is 3. The number of carbonyl (C=O) groups excluding carboxylic acids is 3. The lowest BCUT2D eigenvalue weighted by molar-refractivity contribution is -0.142. The van der Waals surface area contributed by atoms with Crippen LogP contribution in [0.1, 0.15) is 11.3 Å². The third-order valence-electron chi connectivity index (χ3n) is 6.23. The first-order valence-electron chi connectivity index (χ1n) is 13.0. The van der Waals surface area contributed by atoms with Crippen molar-refractivity contribution < 1.29 is 28.6 Å². The summed E-state index contributed by atoms with van der Waals surface area (Å²) in [5, 5.41) is 21.2. The zero-order valence-electron chi connectivity index (χ0n) is 22.9. The average molecular weight is 578 g/mol. The minimum absolute atomic E-state index is 0.00993. The lowest BCUT2D eigenvalue weighted by Gasteiger charge is -2.26. The monoisotopic (exact) mass is 577 g/mol. The van der Waals surface area contributed by atoms with Crippen LogP contribution >= 0.6 is 0 Å². The Hall–Kier alpha value is -5.08. The minimum atomic E-state index is -0.756. The van der Waals surface area contributed by atoms with Crippen molar-refractivity contribution in [2.75, 3.05) is 39.9 Å². The minimum Gasteiger partial charge on any atom is -0.508 e. The van der Waals surface area contributed by atoms with Gasteiger partial charge in [0.2, 0.25) is 17.7 Å². The molecule has 0 bridgehead atoms. The van der Waals surface area contributed by atoms with Gasteiger partial charge < -0.3 is 35.1 Å². The number of aromatic hydroxyl groups is 1. The Morgan fingerprint density at radius 3 is 2.60 bits per heavy atom. The van der Waals surface area contributed by atoms with Gasteiger partial charge in [-0.1, -0.05) is 35.5 Å². The molecule has 0 unspecified atom stereocenters. The van der Waals surface area contributed by atoms with E-state index in [0.717, 1.165) is 10.5 Å². The zero-order chi connectivity index (χ0) is 30.1. The van der Waals surface area contributed by atoms with E-state index in [1.165, 1.54) is 41.1 Å². The number of aromatic nitrogens is 3. The van der Waals surface area contributed by atoms with Gasteiger partial charge in [0.15, 0.2) is 5.69 Å². The van der Waals surface area contributed by atoms with E-state index in [1.54, 1.807) is 6.07 Å². The number of fused-ring (bicyclic) bond motifs is 1. The molecule has 0 spiro atoms. The second kappa shape index (κ2) is 14.0. The molecule has 4 rings (SSSR count). The van der Waals surface area contributed by atoms with E-state index in [0.29, 0.717) is 11.9 Å². The largest absolute Gasteiger partial charge is 0.508 e. The number of methoxy groups -OCH3 is 1. The molecule has 2 aromatic carbocycles. The summed E-state index contributed by atoms with van der Waals surface area (Å²) in [7, 11) is 1.49. The van der Waals surface area contributed by atoms with Crippen LogP contribution in [0.2, 0.25) is 0 Å². The Morgan fingerprint density at radius 1 is 1.07 bits per heavy atom. The molecular formula is C28H31N7O7. The van der Waals surface area contributed by atoms with Crippen LogP contribution < -0.4 is 16.7 Å². The van der Waals surface area contributed by atoms with Gasteiger partial charge in [0.1, 0.15) is 17.0 Å². The summed E-state index contributed by atoms with van der Waals surface area (Å²) in [6.07, 6.45) is 1.42. The highest BCUT2D eigenvalue weighted by Gasteiger charge is 2.23. The molecular weight excluding hydrogens is 546 g/mol. The number of nitrogens with zero attached hydrogens (tertiary/aromatic N) is 5. The zero-order valence-corrected chi connectivity index (χ0v) is 22.9. The molecule has 2 aromatic heterocycles. The van der Waals surface area contributed by atoms with Crippen molar-refractivity contribution in [2.24, 2.45) is 5.73 Å². The smallest absolute Gasteiger partial charge is 0.362 e. The normalized spacial score (nSPS) is 11.0. The predicted octanol–water partition coefficient (Wildman–Crippen LogP) is 0.158. The summed E-state index contributed by atoms with van der Waals surface area (Å²) in [5.74, 6) is -1.67. The summed E-state index contributed by atoms with van der Waals surface area (Å²) >= 11 is 0. The Balaban J connectivity index is 1.45. The molecule has 42 heavy (non-hydrogen) atoms. The van der Waals surface area contributed by atoms with Gasteiger partial charge in [-0.05, 0) is 23.8 Å². The highest BCUT2D eigenvalue weighted by Crippen LogP contribution is 2.20. The lowest BCUT2D eigenvalue weighted by Crippen LogP contribution is -2.48. The molecule has 14 heteroatoms. The van der Waals surface area contributed by atoms with Gasteiger partial charge in [-0.25, -0.2) is 9.48 Å². The van der Waals surface area contributed by atoms with E-state index in [1.807, 2.05) is 30.3 Å². The van der Waals surface area contributed by atoms with Gasteiger partial charge in [-0.2, -0.15) is 0 Å². The van der Waals surface area contributed by atoms with Crippen LogP contribution in [0.15, 0.2) is 70.0 Å². The van der Waals surface area contributed by atoms with Gasteiger partial charge in [0, 0.05) is 31.7 Å². The molecule has 0 saturated carbocycles. The number of benzene rings is 2. The second-order valence-electron chi connectivity index (χ2n) is 9.41. The number of phenolic OH excluding ortho intramolecular Hbond substituents is 1. The number of hydrogen-bond donors (Lipinski definition) is 3. The Bertz CT molecular complexity index is 1600. The van der Waals surface area contributed by atoms with Crippen LogP contribution in [-0.4, -0.2) is 87.5 Å². The molecule has 0 aliphatic heterocycles. The predicted molar refractivity (Wildman–Crippen MR) is 150 cm³/mol. The molecule has 4 N–H and O–H groups in total. The van der Waals surface area contributed by atoms with Gasteiger partial charge in [0.25, 0.3) is 0 Å². The summed E-state index contributed by atoms with van der Waals surface area (Å²) < 4.78 is 11.6. The maximum absolute atomic E-state index is 13.3. The third kappa shape index (κ3) is 7.99. The second-order valence-corrected chi connectivity index (χ2v) is 9.41. The van der Waals surface area contributed by atoms with E-state index in [-0.39, 0.29) is 61.4 Å². The molecule has 2 heterocycles. The maximum Gasteiger partial charge on any atom is 0.362 e. The fraction of sp³-hybridized carbons (Fsp3) is 0.286. The van der Waals surface area contributed by atoms with Gasteiger partial charge in [0.05, 0.1) is 39.0 Å². The number of nitrogens with two attached hydrogens (primary N) is 1. The molecule has 14 nitrogen and oxygen atoms in total. The number of hydrogen-bond acceptors (Lipinski definition) is 10. The summed E-state index contributed by atoms with van der Waals surface area (Å²) in [4.78, 5) is 53.1. The first-order valence-corrected chi connectivity index (χ1v) is 13.0. The molecule has 0 atom stereocenters. The van der Waals surface area contributed by atoms with E-state index in [2.05, 4.69) is 15.6 Å². The molecule has 4 aromatic rings. The molecule has 0 aliphatic rings. The van der Waals surface area contributed by atoms with Crippen molar-refractivity contribution in [3.8, 4) is 11.4 Å². The van der Waals surface area contributed by atoms with E-state index >= 15 is 0 Å². The quantitative estimate of drug-likeness (QED) is 0.174. The molecule has 0 radical (unpaired) electrons. The molecule has 0 fully saturated rings. The van der Waals surface area contributed by atoms with Crippen LogP contribution in [0.3, 0.4) is 0 Å². The molecule has 0 saturated heterocycles. The SMILES string of the molecule is COCCN(CC(=O)N(CC(N)=O)Cc1cn(-c2cc3ccc(O)cc3oc2=O)nn1)C(=O)CNCc1ccccc1. The number of nitrogens with one attached hydrogen (secondary N) is 1. The topological polar surface area (TPSA) is 186 Å². The lowest BCUT2D eigenvalue weighted by atomic mass is 10.2. The van der Waals surface area contributed by atoms with Gasteiger partial charge in [-0.15, -0.1) is 5.10 Å². The third-order valence-corrected chi connectivity index (χ3v) is 6.23. The van der Waals surface area contributed by atoms with E-state index in [4.69, 9.17) is 14.9 Å². The first-order chi connectivity index (χ1) is 20.2. The summed E-state index contributed by atoms with van der Waals surface area (Å²) in [6, 6.07) is 15.4. The van der Waals surface area contributed by atoms with Crippen molar-refractivity contribution in [3.63, 3.8) is 0 Å². The Kier molecular flexibility index (Phi) is 9.97. The number of rotatable bonds is 14. The Morgan fingerprint density at radius 2 is 1.86 bits per heavy atom. The fourth-order valence-electron chi connectivity index (χ4n) is 4.13. The summed E-state index contributed by atoms with van der Waals surface area (Å²) in [6.45, 7) is -0.0825. The highest BCUT2D eigenvalue weighted by atomic mass is 16.5. The van der Waals surface area contributed by atoms with Crippen LogP contribution in [0.4, 0.5) is 0 Å². The summed E-state index contributed by atoms with van der Waals surface area (Å²) in [5.41, 5.74) is 6.20. The fourth-order valence-corrected chi connectivity index (χ4v) is 4.13. The van der Waals surface area contributed by atoms with Crippen molar-refractivity contribution in [2.45, 2.75) is 13.1 Å². The van der Waals surface area contributed by atoms with Crippen LogP contribution in [0.25, 0.3) is 16.7 Å².